The lowest BCUT2D eigenvalue weighted by Crippen LogP contribution is -2.35. The van der Waals surface area contributed by atoms with Gasteiger partial charge in [-0.15, -0.1) is 6.58 Å². The van der Waals surface area contributed by atoms with E-state index in [1.165, 1.54) is 0 Å². The zero-order chi connectivity index (χ0) is 12.2. The van der Waals surface area contributed by atoms with Crippen LogP contribution in [0.1, 0.15) is 33.6 Å². The third-order valence-electron chi connectivity index (χ3n) is 3.85. The van der Waals surface area contributed by atoms with Crippen molar-refractivity contribution in [3.63, 3.8) is 0 Å². The predicted octanol–water partition coefficient (Wildman–Crippen LogP) is 3.34. The molecule has 0 fully saturated rings. The molecular formula is C14H22O2. The van der Waals surface area contributed by atoms with Crippen LogP contribution in [0.25, 0.3) is 0 Å². The molecule has 90 valence electrons. The highest BCUT2D eigenvalue weighted by atomic mass is 16.5. The molecule has 0 saturated heterocycles. The number of rotatable bonds is 4. The fourth-order valence-electron chi connectivity index (χ4n) is 2.31. The van der Waals surface area contributed by atoms with Crippen LogP contribution >= 0.6 is 0 Å². The largest absolute Gasteiger partial charge is 0.466 e. The van der Waals surface area contributed by atoms with Crippen LogP contribution in [0, 0.1) is 17.3 Å². The molecule has 0 N–H and O–H groups in total. The minimum Gasteiger partial charge on any atom is -0.466 e. The highest BCUT2D eigenvalue weighted by molar-refractivity contribution is 5.70. The first kappa shape index (κ1) is 13.0. The first-order chi connectivity index (χ1) is 7.54. The SMILES string of the molecule is C=C[C@@]1(C)[C@H](C)CC=C[C@H]1CC(=O)OCC. The summed E-state index contributed by atoms with van der Waals surface area (Å²) < 4.78 is 5.01. The highest BCUT2D eigenvalue weighted by Gasteiger charge is 2.38. The van der Waals surface area contributed by atoms with E-state index in [4.69, 9.17) is 4.74 Å². The molecule has 0 bridgehead atoms. The molecule has 1 aliphatic rings. The fourth-order valence-corrected chi connectivity index (χ4v) is 2.31. The molecule has 0 radical (unpaired) electrons. The van der Waals surface area contributed by atoms with Gasteiger partial charge >= 0.3 is 5.97 Å². The summed E-state index contributed by atoms with van der Waals surface area (Å²) in [6, 6.07) is 0. The second kappa shape index (κ2) is 5.33. The number of allylic oxidation sites excluding steroid dienone is 3. The molecule has 1 aliphatic carbocycles. The zero-order valence-corrected chi connectivity index (χ0v) is 10.5. The van der Waals surface area contributed by atoms with Gasteiger partial charge in [0.1, 0.15) is 0 Å². The van der Waals surface area contributed by atoms with E-state index in [1.54, 1.807) is 0 Å². The fraction of sp³-hybridized carbons (Fsp3) is 0.643. The Hall–Kier alpha value is -1.05. The molecule has 16 heavy (non-hydrogen) atoms. The maximum Gasteiger partial charge on any atom is 0.306 e. The van der Waals surface area contributed by atoms with Crippen molar-refractivity contribution in [2.45, 2.75) is 33.6 Å². The minimum absolute atomic E-state index is 0.00150. The lowest BCUT2D eigenvalue weighted by atomic mass is 9.63. The summed E-state index contributed by atoms with van der Waals surface area (Å²) in [6.07, 6.45) is 7.81. The Kier molecular flexibility index (Phi) is 4.34. The molecular weight excluding hydrogens is 200 g/mol. The van der Waals surface area contributed by atoms with Crippen molar-refractivity contribution in [1.82, 2.24) is 0 Å². The van der Waals surface area contributed by atoms with Crippen LogP contribution in [-0.2, 0) is 9.53 Å². The number of carbonyl (C=O) groups excluding carboxylic acids is 1. The Balaban J connectivity index is 2.76. The van der Waals surface area contributed by atoms with Crippen LogP contribution in [0.4, 0.5) is 0 Å². The molecule has 1 rings (SSSR count). The predicted molar refractivity (Wildman–Crippen MR) is 66.0 cm³/mol. The second-order valence-corrected chi connectivity index (χ2v) is 4.75. The number of ether oxygens (including phenoxy) is 1. The van der Waals surface area contributed by atoms with Crippen molar-refractivity contribution in [2.75, 3.05) is 6.61 Å². The summed E-state index contributed by atoms with van der Waals surface area (Å²) >= 11 is 0. The summed E-state index contributed by atoms with van der Waals surface area (Å²) in [6.45, 7) is 10.6. The maximum atomic E-state index is 11.5. The van der Waals surface area contributed by atoms with Crippen LogP contribution in [-0.4, -0.2) is 12.6 Å². The van der Waals surface area contributed by atoms with Crippen molar-refractivity contribution >= 4 is 5.97 Å². The van der Waals surface area contributed by atoms with Crippen LogP contribution in [0.15, 0.2) is 24.8 Å². The van der Waals surface area contributed by atoms with E-state index in [2.05, 4.69) is 32.6 Å². The van der Waals surface area contributed by atoms with Crippen LogP contribution in [0.3, 0.4) is 0 Å². The molecule has 0 amide bonds. The van der Waals surface area contributed by atoms with Gasteiger partial charge in [-0.25, -0.2) is 0 Å². The van der Waals surface area contributed by atoms with E-state index < -0.39 is 0 Å². The number of esters is 1. The van der Waals surface area contributed by atoms with Gasteiger partial charge in [-0.2, -0.15) is 0 Å². The van der Waals surface area contributed by atoms with Gasteiger partial charge < -0.3 is 4.74 Å². The summed E-state index contributed by atoms with van der Waals surface area (Å²) in [5, 5.41) is 0. The topological polar surface area (TPSA) is 26.3 Å². The summed E-state index contributed by atoms with van der Waals surface area (Å²) in [5.74, 6) is 0.626. The lowest BCUT2D eigenvalue weighted by molar-refractivity contribution is -0.144. The molecule has 3 atom stereocenters. The molecule has 2 heteroatoms. The Bertz CT molecular complexity index is 293. The molecule has 0 saturated carbocycles. The number of hydrogen-bond acceptors (Lipinski definition) is 2. The average molecular weight is 222 g/mol. The van der Waals surface area contributed by atoms with Gasteiger partial charge in [0.15, 0.2) is 0 Å². The van der Waals surface area contributed by atoms with Crippen molar-refractivity contribution in [3.8, 4) is 0 Å². The van der Waals surface area contributed by atoms with E-state index in [1.807, 2.05) is 13.0 Å². The third-order valence-corrected chi connectivity index (χ3v) is 3.85. The molecule has 0 heterocycles. The smallest absolute Gasteiger partial charge is 0.306 e. The zero-order valence-electron chi connectivity index (χ0n) is 10.5. The van der Waals surface area contributed by atoms with Gasteiger partial charge in [0.25, 0.3) is 0 Å². The van der Waals surface area contributed by atoms with Gasteiger partial charge in [0.05, 0.1) is 13.0 Å². The van der Waals surface area contributed by atoms with Crippen molar-refractivity contribution in [2.24, 2.45) is 17.3 Å². The quantitative estimate of drug-likeness (QED) is 0.538. The molecule has 0 aliphatic heterocycles. The van der Waals surface area contributed by atoms with E-state index >= 15 is 0 Å². The van der Waals surface area contributed by atoms with E-state index in [0.29, 0.717) is 18.9 Å². The van der Waals surface area contributed by atoms with E-state index in [-0.39, 0.29) is 17.3 Å². The Labute approximate surface area is 98.4 Å². The van der Waals surface area contributed by atoms with Crippen molar-refractivity contribution < 1.29 is 9.53 Å². The first-order valence-electron chi connectivity index (χ1n) is 6.00. The average Bonchev–Trinajstić information content (AvgIpc) is 2.25. The Morgan fingerprint density at radius 1 is 1.69 bits per heavy atom. The molecule has 0 unspecified atom stereocenters. The Morgan fingerprint density at radius 2 is 2.38 bits per heavy atom. The summed E-state index contributed by atoms with van der Waals surface area (Å²) in [5.41, 5.74) is 0.00150. The van der Waals surface area contributed by atoms with Crippen LogP contribution in [0.5, 0.6) is 0 Å². The Morgan fingerprint density at radius 3 is 2.94 bits per heavy atom. The second-order valence-electron chi connectivity index (χ2n) is 4.75. The van der Waals surface area contributed by atoms with Gasteiger partial charge in [-0.1, -0.05) is 32.1 Å². The van der Waals surface area contributed by atoms with Gasteiger partial charge in [-0.05, 0) is 30.6 Å². The molecule has 0 spiro atoms. The molecule has 0 aromatic heterocycles. The van der Waals surface area contributed by atoms with Crippen molar-refractivity contribution in [3.05, 3.63) is 24.8 Å². The van der Waals surface area contributed by atoms with Crippen LogP contribution < -0.4 is 0 Å². The number of hydrogen-bond donors (Lipinski definition) is 0. The highest BCUT2D eigenvalue weighted by Crippen LogP contribution is 2.44. The standard InChI is InChI=1S/C14H22O2/c1-5-14(4)11(3)8-7-9-12(14)10-13(15)16-6-2/h5,7,9,11-12H,1,6,8,10H2,2-4H3/t11-,12+,14+/m1/s1. The maximum absolute atomic E-state index is 11.5. The van der Waals surface area contributed by atoms with Crippen molar-refractivity contribution in [1.29, 1.82) is 0 Å². The minimum atomic E-state index is -0.112. The van der Waals surface area contributed by atoms with E-state index in [0.717, 1.165) is 6.42 Å². The van der Waals surface area contributed by atoms with Gasteiger partial charge in [0, 0.05) is 0 Å². The number of carbonyl (C=O) groups is 1. The lowest BCUT2D eigenvalue weighted by Gasteiger charge is -2.41. The molecule has 0 aromatic carbocycles. The van der Waals surface area contributed by atoms with Gasteiger partial charge in [0.2, 0.25) is 0 Å². The first-order valence-corrected chi connectivity index (χ1v) is 6.00. The summed E-state index contributed by atoms with van der Waals surface area (Å²) in [4.78, 5) is 11.5. The molecule has 2 nitrogen and oxygen atoms in total. The van der Waals surface area contributed by atoms with Gasteiger partial charge in [-0.3, -0.25) is 4.79 Å². The monoisotopic (exact) mass is 222 g/mol. The van der Waals surface area contributed by atoms with E-state index in [9.17, 15) is 4.79 Å². The summed E-state index contributed by atoms with van der Waals surface area (Å²) in [7, 11) is 0. The van der Waals surface area contributed by atoms with Crippen LogP contribution in [0.2, 0.25) is 0 Å². The third kappa shape index (κ3) is 2.55. The molecule has 0 aromatic rings. The normalized spacial score (nSPS) is 33.4.